The third-order valence-corrected chi connectivity index (χ3v) is 3.23. The smallest absolute Gasteiger partial charge is 0.422 e. The van der Waals surface area contributed by atoms with Gasteiger partial charge in [0.15, 0.2) is 13.2 Å². The molecule has 0 spiro atoms. The summed E-state index contributed by atoms with van der Waals surface area (Å²) in [4.78, 5) is 18.9. The molecule has 0 saturated heterocycles. The number of nitrogens with one attached hydrogen (secondary N) is 2. The van der Waals surface area contributed by atoms with Crippen molar-refractivity contribution in [2.75, 3.05) is 23.8 Å². The van der Waals surface area contributed by atoms with E-state index in [0.29, 0.717) is 19.1 Å². The van der Waals surface area contributed by atoms with Gasteiger partial charge in [-0.25, -0.2) is 13.6 Å². The van der Waals surface area contributed by atoms with E-state index < -0.39 is 60.8 Å². The first-order valence-corrected chi connectivity index (χ1v) is 8.45. The van der Waals surface area contributed by atoms with E-state index >= 15 is 0 Å². The largest absolute Gasteiger partial charge is 0.471 e. The minimum Gasteiger partial charge on any atom is -0.471 e. The first kappa shape index (κ1) is 24.9. The Bertz CT molecular complexity index is 891. The topological polar surface area (TPSA) is 85.4 Å². The van der Waals surface area contributed by atoms with Gasteiger partial charge >= 0.3 is 24.4 Å². The molecule has 0 aliphatic rings. The van der Waals surface area contributed by atoms with E-state index in [2.05, 4.69) is 30.1 Å². The molecule has 2 amide bonds. The number of rotatable bonds is 7. The van der Waals surface area contributed by atoms with Gasteiger partial charge in [-0.15, -0.1) is 0 Å². The molecular formula is C17H14F8N4O3. The molecular weight excluding hydrogens is 460 g/mol. The van der Waals surface area contributed by atoms with Gasteiger partial charge in [0.2, 0.25) is 5.88 Å². The van der Waals surface area contributed by atoms with Crippen LogP contribution in [0.1, 0.15) is 12.5 Å². The predicted octanol–water partition coefficient (Wildman–Crippen LogP) is 5.11. The van der Waals surface area contributed by atoms with E-state index in [4.69, 9.17) is 0 Å². The highest BCUT2D eigenvalue weighted by molar-refractivity contribution is 5.99. The molecule has 1 heterocycles. The number of carbonyl (C=O) groups is 1. The predicted molar refractivity (Wildman–Crippen MR) is 93.8 cm³/mol. The second kappa shape index (κ2) is 9.40. The van der Waals surface area contributed by atoms with Crippen molar-refractivity contribution in [3.8, 4) is 11.9 Å². The van der Waals surface area contributed by atoms with Crippen LogP contribution in [0.2, 0.25) is 0 Å². The molecule has 32 heavy (non-hydrogen) atoms. The van der Waals surface area contributed by atoms with E-state index in [-0.39, 0.29) is 5.69 Å². The lowest BCUT2D eigenvalue weighted by molar-refractivity contribution is -0.154. The molecule has 7 nitrogen and oxygen atoms in total. The minimum atomic E-state index is -4.76. The summed E-state index contributed by atoms with van der Waals surface area (Å²) in [5, 5.41) is 4.22. The molecule has 0 aliphatic heterocycles. The maximum atomic E-state index is 13.0. The van der Waals surface area contributed by atoms with Gasteiger partial charge < -0.3 is 14.8 Å². The molecule has 0 fully saturated rings. The third-order valence-electron chi connectivity index (χ3n) is 3.23. The average Bonchev–Trinajstić information content (AvgIpc) is 2.63. The zero-order chi connectivity index (χ0) is 24.2. The normalized spacial score (nSPS) is 12.3. The van der Waals surface area contributed by atoms with Crippen molar-refractivity contribution in [2.24, 2.45) is 0 Å². The molecule has 0 unspecified atom stereocenters. The Morgan fingerprint density at radius 3 is 2.06 bits per heavy atom. The number of ether oxygens (including phenoxy) is 2. The molecule has 0 radical (unpaired) electrons. The number of hydrogen-bond acceptors (Lipinski definition) is 5. The van der Waals surface area contributed by atoms with Gasteiger partial charge in [0.05, 0.1) is 5.56 Å². The zero-order valence-corrected chi connectivity index (χ0v) is 15.9. The number of carbonyl (C=O) groups excluding carboxylic acids is 1. The Morgan fingerprint density at radius 1 is 0.906 bits per heavy atom. The highest BCUT2D eigenvalue weighted by Crippen LogP contribution is 2.30. The van der Waals surface area contributed by atoms with Crippen molar-refractivity contribution in [3.05, 3.63) is 35.9 Å². The lowest BCUT2D eigenvalue weighted by Crippen LogP contribution is -2.24. The van der Waals surface area contributed by atoms with E-state index in [9.17, 15) is 39.9 Å². The van der Waals surface area contributed by atoms with Crippen molar-refractivity contribution in [1.29, 1.82) is 0 Å². The maximum Gasteiger partial charge on any atom is 0.422 e. The summed E-state index contributed by atoms with van der Waals surface area (Å²) in [7, 11) is 0. The monoisotopic (exact) mass is 474 g/mol. The van der Waals surface area contributed by atoms with Gasteiger partial charge in [0.25, 0.3) is 5.92 Å². The number of amides is 2. The van der Waals surface area contributed by atoms with E-state index in [1.165, 1.54) is 0 Å². The highest BCUT2D eigenvalue weighted by atomic mass is 19.4. The van der Waals surface area contributed by atoms with Crippen molar-refractivity contribution in [3.63, 3.8) is 0 Å². The molecule has 2 aromatic rings. The van der Waals surface area contributed by atoms with Crippen LogP contribution in [0.4, 0.5) is 51.4 Å². The highest BCUT2D eigenvalue weighted by Gasteiger charge is 2.30. The van der Waals surface area contributed by atoms with Crippen LogP contribution < -0.4 is 20.1 Å². The van der Waals surface area contributed by atoms with Gasteiger partial charge in [0.1, 0.15) is 5.82 Å². The summed E-state index contributed by atoms with van der Waals surface area (Å²) in [5.41, 5.74) is -1.01. The molecule has 176 valence electrons. The number of anilines is 2. The molecule has 1 aromatic heterocycles. The van der Waals surface area contributed by atoms with Crippen LogP contribution in [-0.4, -0.2) is 41.3 Å². The fourth-order valence-electron chi connectivity index (χ4n) is 1.97. The second-order valence-electron chi connectivity index (χ2n) is 6.29. The molecule has 0 atom stereocenters. The minimum absolute atomic E-state index is 0.0554. The molecule has 2 rings (SSSR count). The molecule has 0 bridgehead atoms. The summed E-state index contributed by atoms with van der Waals surface area (Å²) < 4.78 is 110. The Hall–Kier alpha value is -3.39. The Kier molecular flexibility index (Phi) is 7.31. The number of benzene rings is 1. The van der Waals surface area contributed by atoms with Crippen LogP contribution >= 0.6 is 0 Å². The molecule has 2 N–H and O–H groups in total. The molecule has 15 heteroatoms. The average molecular weight is 474 g/mol. The van der Waals surface area contributed by atoms with Crippen molar-refractivity contribution < 1.29 is 49.4 Å². The maximum absolute atomic E-state index is 13.0. The number of alkyl halides is 8. The number of urea groups is 1. The van der Waals surface area contributed by atoms with Gasteiger partial charge in [-0.3, -0.25) is 5.32 Å². The van der Waals surface area contributed by atoms with Gasteiger partial charge in [0, 0.05) is 18.7 Å². The quantitative estimate of drug-likeness (QED) is 0.545. The van der Waals surface area contributed by atoms with Gasteiger partial charge in [-0.1, -0.05) is 0 Å². The van der Waals surface area contributed by atoms with Crippen LogP contribution in [0, 0.1) is 0 Å². The zero-order valence-electron chi connectivity index (χ0n) is 15.9. The first-order chi connectivity index (χ1) is 14.6. The van der Waals surface area contributed by atoms with Crippen LogP contribution in [0.5, 0.6) is 11.9 Å². The number of halogens is 8. The number of nitrogens with zero attached hydrogens (tertiary/aromatic N) is 2. The summed E-state index contributed by atoms with van der Waals surface area (Å²) in [6.45, 7) is -2.47. The Morgan fingerprint density at radius 2 is 1.53 bits per heavy atom. The molecule has 0 saturated carbocycles. The summed E-state index contributed by atoms with van der Waals surface area (Å²) in [6.07, 6.45) is -9.34. The lowest BCUT2D eigenvalue weighted by Gasteiger charge is -2.14. The molecule has 0 aliphatic carbocycles. The van der Waals surface area contributed by atoms with Crippen LogP contribution in [0.25, 0.3) is 0 Å². The summed E-state index contributed by atoms with van der Waals surface area (Å²) >= 11 is 0. The first-order valence-electron chi connectivity index (χ1n) is 8.45. The van der Waals surface area contributed by atoms with Crippen molar-refractivity contribution in [2.45, 2.75) is 25.2 Å². The van der Waals surface area contributed by atoms with Crippen LogP contribution in [0.3, 0.4) is 0 Å². The summed E-state index contributed by atoms with van der Waals surface area (Å²) in [5.74, 6) is -4.41. The van der Waals surface area contributed by atoms with Gasteiger partial charge in [-0.2, -0.15) is 36.3 Å². The SMILES string of the molecule is CC(F)(F)COc1cc(NC(=O)Nc2ccc(C(F)(F)F)cc2)nc(OCC(F)(F)F)n1. The summed E-state index contributed by atoms with van der Waals surface area (Å²) in [6, 6.07) is 2.18. The second-order valence-corrected chi connectivity index (χ2v) is 6.29. The Labute approximate surface area is 174 Å². The van der Waals surface area contributed by atoms with E-state index in [1.807, 2.05) is 0 Å². The number of hydrogen-bond donors (Lipinski definition) is 2. The van der Waals surface area contributed by atoms with E-state index in [0.717, 1.165) is 18.2 Å². The Balaban J connectivity index is 2.14. The van der Waals surface area contributed by atoms with Crippen LogP contribution in [-0.2, 0) is 6.18 Å². The van der Waals surface area contributed by atoms with Gasteiger partial charge in [-0.05, 0) is 24.3 Å². The third kappa shape index (κ3) is 8.77. The number of aromatic nitrogens is 2. The molecule has 1 aromatic carbocycles. The standard InChI is InChI=1S/C17H14F8N4O3/c1-15(18,19)7-31-12-6-11(28-14(29-12)32-8-16(20,21)22)27-13(30)26-10-4-2-9(3-5-10)17(23,24)25/h2-6H,7-8H2,1H3,(H2,26,27,28,29,30). The fourth-order valence-corrected chi connectivity index (χ4v) is 1.97. The van der Waals surface area contributed by atoms with E-state index in [1.54, 1.807) is 0 Å². The van der Waals surface area contributed by atoms with Crippen molar-refractivity contribution in [1.82, 2.24) is 9.97 Å². The van der Waals surface area contributed by atoms with Crippen LogP contribution in [0.15, 0.2) is 30.3 Å². The fraction of sp³-hybridized carbons (Fsp3) is 0.353. The van der Waals surface area contributed by atoms with Crippen molar-refractivity contribution >= 4 is 17.5 Å². The lowest BCUT2D eigenvalue weighted by atomic mass is 10.2.